The number of hydrogen-bond donors (Lipinski definition) is 0. The van der Waals surface area contributed by atoms with E-state index in [0.29, 0.717) is 13.1 Å². The van der Waals surface area contributed by atoms with Crippen molar-refractivity contribution in [3.8, 4) is 0 Å². The lowest BCUT2D eigenvalue weighted by molar-refractivity contribution is -0.133. The van der Waals surface area contributed by atoms with Gasteiger partial charge in [-0.15, -0.1) is 11.8 Å². The summed E-state index contributed by atoms with van der Waals surface area (Å²) >= 11 is 1.63. The van der Waals surface area contributed by atoms with E-state index in [1.165, 1.54) is 6.08 Å². The molecule has 0 aliphatic carbocycles. The lowest BCUT2D eigenvalue weighted by atomic mass is 10.0. The predicted octanol–water partition coefficient (Wildman–Crippen LogP) is 2.73. The molecular formula is C18H24N2O2S. The quantitative estimate of drug-likeness (QED) is 0.779. The maximum absolute atomic E-state index is 12.9. The summed E-state index contributed by atoms with van der Waals surface area (Å²) in [6.45, 7) is 6.76. The van der Waals surface area contributed by atoms with Crippen LogP contribution < -0.4 is 0 Å². The number of carbonyl (C=O) groups is 2. The van der Waals surface area contributed by atoms with Crippen LogP contribution in [0.15, 0.2) is 43.0 Å². The topological polar surface area (TPSA) is 40.6 Å². The molecule has 0 aromatic heterocycles. The number of nitrogens with zero attached hydrogens (tertiary/aromatic N) is 2. The first-order valence-electron chi connectivity index (χ1n) is 7.93. The van der Waals surface area contributed by atoms with E-state index in [9.17, 15) is 9.59 Å². The fourth-order valence-corrected chi connectivity index (χ4v) is 4.12. The molecule has 2 atom stereocenters. The number of benzene rings is 1. The van der Waals surface area contributed by atoms with E-state index >= 15 is 0 Å². The van der Waals surface area contributed by atoms with E-state index in [-0.39, 0.29) is 23.1 Å². The summed E-state index contributed by atoms with van der Waals surface area (Å²) in [5.74, 6) is 0.777. The number of amides is 2. The largest absolute Gasteiger partial charge is 0.338 e. The molecule has 1 fully saturated rings. The molecule has 0 N–H and O–H groups in total. The summed E-state index contributed by atoms with van der Waals surface area (Å²) in [5.41, 5.74) is 1.14. The molecule has 124 valence electrons. The lowest BCUT2D eigenvalue weighted by Crippen LogP contribution is -2.48. The monoisotopic (exact) mass is 332 g/mol. The molecule has 1 aromatic carbocycles. The second-order valence-corrected chi connectivity index (χ2v) is 6.94. The molecule has 0 radical (unpaired) electrons. The second kappa shape index (κ2) is 8.20. The first-order valence-corrected chi connectivity index (χ1v) is 8.98. The van der Waals surface area contributed by atoms with Gasteiger partial charge in [-0.25, -0.2) is 0 Å². The fourth-order valence-electron chi connectivity index (χ4n) is 2.92. The molecule has 4 nitrogen and oxygen atoms in total. The Morgan fingerprint density at radius 3 is 2.74 bits per heavy atom. The Morgan fingerprint density at radius 1 is 1.43 bits per heavy atom. The molecular weight excluding hydrogens is 308 g/mol. The lowest BCUT2D eigenvalue weighted by Gasteiger charge is -2.35. The maximum Gasteiger partial charge on any atom is 0.246 e. The minimum Gasteiger partial charge on any atom is -0.338 e. The van der Waals surface area contributed by atoms with Crippen LogP contribution in [0.4, 0.5) is 0 Å². The minimum absolute atomic E-state index is 0.0646. The molecule has 5 heteroatoms. The van der Waals surface area contributed by atoms with Gasteiger partial charge in [0.15, 0.2) is 0 Å². The van der Waals surface area contributed by atoms with Gasteiger partial charge in [0.1, 0.15) is 5.25 Å². The molecule has 1 aromatic rings. The minimum atomic E-state index is -0.199. The van der Waals surface area contributed by atoms with Gasteiger partial charge in [0, 0.05) is 25.9 Å². The Kier molecular flexibility index (Phi) is 6.28. The Hall–Kier alpha value is -1.75. The first-order chi connectivity index (χ1) is 11.1. The summed E-state index contributed by atoms with van der Waals surface area (Å²) in [5, 5.41) is -0.199. The third-order valence-corrected chi connectivity index (χ3v) is 5.39. The van der Waals surface area contributed by atoms with E-state index in [1.54, 1.807) is 16.7 Å². The van der Waals surface area contributed by atoms with Gasteiger partial charge in [-0.05, 0) is 18.1 Å². The first kappa shape index (κ1) is 17.6. The van der Waals surface area contributed by atoms with Crippen molar-refractivity contribution in [3.63, 3.8) is 0 Å². The smallest absolute Gasteiger partial charge is 0.246 e. The Labute approximate surface area is 142 Å². The fraction of sp³-hybridized carbons (Fsp3) is 0.444. The van der Waals surface area contributed by atoms with Crippen LogP contribution in [-0.4, -0.2) is 52.8 Å². The predicted molar refractivity (Wildman–Crippen MR) is 95.3 cm³/mol. The van der Waals surface area contributed by atoms with Gasteiger partial charge in [-0.2, -0.15) is 0 Å². The van der Waals surface area contributed by atoms with E-state index in [4.69, 9.17) is 0 Å². The molecule has 1 saturated heterocycles. The van der Waals surface area contributed by atoms with E-state index in [0.717, 1.165) is 17.7 Å². The zero-order valence-corrected chi connectivity index (χ0v) is 14.6. The molecule has 0 bridgehead atoms. The molecule has 2 amide bonds. The Balaban J connectivity index is 2.08. The van der Waals surface area contributed by atoms with Crippen molar-refractivity contribution in [2.45, 2.75) is 24.6 Å². The summed E-state index contributed by atoms with van der Waals surface area (Å²) < 4.78 is 0. The van der Waals surface area contributed by atoms with Gasteiger partial charge in [0.25, 0.3) is 0 Å². The highest BCUT2D eigenvalue weighted by Crippen LogP contribution is 2.27. The summed E-state index contributed by atoms with van der Waals surface area (Å²) in [6.07, 6.45) is 2.18. The van der Waals surface area contributed by atoms with E-state index in [1.807, 2.05) is 30.1 Å². The third kappa shape index (κ3) is 4.16. The van der Waals surface area contributed by atoms with E-state index in [2.05, 4.69) is 25.6 Å². The van der Waals surface area contributed by atoms with Gasteiger partial charge in [-0.3, -0.25) is 9.59 Å². The van der Waals surface area contributed by atoms with Crippen LogP contribution in [0.5, 0.6) is 0 Å². The number of hydrogen-bond acceptors (Lipinski definition) is 3. The van der Waals surface area contributed by atoms with Gasteiger partial charge < -0.3 is 9.80 Å². The molecule has 1 heterocycles. The molecule has 0 spiro atoms. The van der Waals surface area contributed by atoms with Crippen LogP contribution in [0.1, 0.15) is 24.9 Å². The van der Waals surface area contributed by atoms with Crippen molar-refractivity contribution >= 4 is 23.6 Å². The molecule has 1 aliphatic rings. The standard InChI is InChI=1S/C18H24N2O2S/c1-4-15(14-9-7-6-8-10-14)19(3)18(22)16-13-20(11-12-23-16)17(21)5-2/h5-10,15-16H,2,4,11-13H2,1,3H3. The van der Waals surface area contributed by atoms with Crippen molar-refractivity contribution in [1.82, 2.24) is 9.80 Å². The van der Waals surface area contributed by atoms with Crippen molar-refractivity contribution in [2.75, 3.05) is 25.9 Å². The van der Waals surface area contributed by atoms with Crippen molar-refractivity contribution < 1.29 is 9.59 Å². The summed E-state index contributed by atoms with van der Waals surface area (Å²) in [7, 11) is 1.86. The van der Waals surface area contributed by atoms with E-state index < -0.39 is 0 Å². The van der Waals surface area contributed by atoms with Crippen molar-refractivity contribution in [1.29, 1.82) is 0 Å². The summed E-state index contributed by atoms with van der Waals surface area (Å²) in [6, 6.07) is 10.1. The van der Waals surface area contributed by atoms with Crippen molar-refractivity contribution in [3.05, 3.63) is 48.6 Å². The van der Waals surface area contributed by atoms with Crippen molar-refractivity contribution in [2.24, 2.45) is 0 Å². The number of carbonyl (C=O) groups excluding carboxylic acids is 2. The van der Waals surface area contributed by atoms with Gasteiger partial charge in [0.2, 0.25) is 11.8 Å². The average molecular weight is 332 g/mol. The third-order valence-electron chi connectivity index (χ3n) is 4.21. The highest BCUT2D eigenvalue weighted by molar-refractivity contribution is 8.00. The highest BCUT2D eigenvalue weighted by atomic mass is 32.2. The Morgan fingerprint density at radius 2 is 2.13 bits per heavy atom. The van der Waals surface area contributed by atoms with Gasteiger partial charge >= 0.3 is 0 Å². The van der Waals surface area contributed by atoms with Crippen LogP contribution in [0.2, 0.25) is 0 Å². The normalized spacial score (nSPS) is 19.0. The van der Waals surface area contributed by atoms with Gasteiger partial charge in [-0.1, -0.05) is 43.8 Å². The zero-order chi connectivity index (χ0) is 16.8. The maximum atomic E-state index is 12.9. The molecule has 2 rings (SSSR count). The van der Waals surface area contributed by atoms with Crippen LogP contribution in [0.25, 0.3) is 0 Å². The second-order valence-electron chi connectivity index (χ2n) is 5.63. The van der Waals surface area contributed by atoms with Crippen LogP contribution >= 0.6 is 11.8 Å². The van der Waals surface area contributed by atoms with Gasteiger partial charge in [0.05, 0.1) is 6.04 Å². The molecule has 2 unspecified atom stereocenters. The van der Waals surface area contributed by atoms with Crippen LogP contribution in [0, 0.1) is 0 Å². The molecule has 0 saturated carbocycles. The molecule has 1 aliphatic heterocycles. The highest BCUT2D eigenvalue weighted by Gasteiger charge is 2.32. The zero-order valence-electron chi connectivity index (χ0n) is 13.8. The molecule has 23 heavy (non-hydrogen) atoms. The number of thioether (sulfide) groups is 1. The van der Waals surface area contributed by atoms with Crippen LogP contribution in [0.3, 0.4) is 0 Å². The SMILES string of the molecule is C=CC(=O)N1CCSC(C(=O)N(C)C(CC)c2ccccc2)C1. The summed E-state index contributed by atoms with van der Waals surface area (Å²) in [4.78, 5) is 28.2. The Bertz CT molecular complexity index is 561. The number of rotatable bonds is 5. The van der Waals surface area contributed by atoms with Crippen LogP contribution in [-0.2, 0) is 9.59 Å². The average Bonchev–Trinajstić information content (AvgIpc) is 2.62.